The van der Waals surface area contributed by atoms with Crippen LogP contribution in [0.3, 0.4) is 0 Å². The lowest BCUT2D eigenvalue weighted by Gasteiger charge is -2.22. The van der Waals surface area contributed by atoms with Crippen LogP contribution in [0.5, 0.6) is 0 Å². The fourth-order valence-electron chi connectivity index (χ4n) is 5.09. The molecule has 0 radical (unpaired) electrons. The quantitative estimate of drug-likeness (QED) is 0.678. The highest BCUT2D eigenvalue weighted by Crippen LogP contribution is 2.51. The van der Waals surface area contributed by atoms with E-state index in [0.29, 0.717) is 6.04 Å². The zero-order chi connectivity index (χ0) is 13.1. The Bertz CT molecular complexity index is 645. The first kappa shape index (κ1) is 11.4. The SMILES string of the molecule is C1=NCCC2=C3CCCc4c5c(n(c43)C2C1)CCCC5. The van der Waals surface area contributed by atoms with E-state index < -0.39 is 0 Å². The van der Waals surface area contributed by atoms with Gasteiger partial charge in [0.25, 0.3) is 0 Å². The Morgan fingerprint density at radius 1 is 0.950 bits per heavy atom. The van der Waals surface area contributed by atoms with E-state index in [0.717, 1.165) is 13.0 Å². The van der Waals surface area contributed by atoms with Gasteiger partial charge in [-0.2, -0.15) is 0 Å². The molecule has 5 rings (SSSR count). The van der Waals surface area contributed by atoms with Crippen molar-refractivity contribution in [3.63, 3.8) is 0 Å². The third-order valence-electron chi connectivity index (χ3n) is 5.83. The van der Waals surface area contributed by atoms with E-state index >= 15 is 0 Å². The molecule has 0 aromatic carbocycles. The van der Waals surface area contributed by atoms with Gasteiger partial charge >= 0.3 is 0 Å². The number of rotatable bonds is 0. The third-order valence-corrected chi connectivity index (χ3v) is 5.83. The lowest BCUT2D eigenvalue weighted by atomic mass is 9.84. The number of allylic oxidation sites excluding steroid dienone is 1. The summed E-state index contributed by atoms with van der Waals surface area (Å²) in [7, 11) is 0. The molecular weight excluding hydrogens is 244 g/mol. The van der Waals surface area contributed by atoms with E-state index in [-0.39, 0.29) is 0 Å². The van der Waals surface area contributed by atoms with Gasteiger partial charge in [-0.15, -0.1) is 0 Å². The molecule has 0 spiro atoms. The first-order chi connectivity index (χ1) is 9.95. The molecule has 0 fully saturated rings. The molecule has 20 heavy (non-hydrogen) atoms. The normalized spacial score (nSPS) is 27.1. The van der Waals surface area contributed by atoms with Crippen LogP contribution in [-0.4, -0.2) is 17.3 Å². The van der Waals surface area contributed by atoms with Crippen LogP contribution in [-0.2, 0) is 19.3 Å². The molecule has 0 saturated carbocycles. The molecule has 1 aromatic heterocycles. The van der Waals surface area contributed by atoms with Crippen molar-refractivity contribution in [2.75, 3.05) is 6.54 Å². The Hall–Kier alpha value is -1.31. The minimum absolute atomic E-state index is 0.630. The van der Waals surface area contributed by atoms with Crippen molar-refractivity contribution >= 4 is 11.8 Å². The van der Waals surface area contributed by atoms with Crippen molar-refractivity contribution in [1.82, 2.24) is 4.57 Å². The van der Waals surface area contributed by atoms with Crippen LogP contribution in [0.15, 0.2) is 10.6 Å². The van der Waals surface area contributed by atoms with Gasteiger partial charge in [0.15, 0.2) is 0 Å². The Morgan fingerprint density at radius 3 is 2.85 bits per heavy atom. The maximum absolute atomic E-state index is 4.56. The Morgan fingerprint density at radius 2 is 1.85 bits per heavy atom. The van der Waals surface area contributed by atoms with Crippen LogP contribution in [0.4, 0.5) is 0 Å². The number of nitrogens with zero attached hydrogens (tertiary/aromatic N) is 2. The number of aromatic nitrogens is 1. The van der Waals surface area contributed by atoms with Crippen molar-refractivity contribution < 1.29 is 0 Å². The fourth-order valence-corrected chi connectivity index (χ4v) is 5.09. The van der Waals surface area contributed by atoms with Crippen molar-refractivity contribution in [1.29, 1.82) is 0 Å². The zero-order valence-corrected chi connectivity index (χ0v) is 12.1. The second kappa shape index (κ2) is 4.09. The van der Waals surface area contributed by atoms with Gasteiger partial charge in [-0.3, -0.25) is 4.99 Å². The summed E-state index contributed by atoms with van der Waals surface area (Å²) in [4.78, 5) is 4.56. The van der Waals surface area contributed by atoms with Crippen LogP contribution in [0, 0.1) is 0 Å². The molecule has 3 heterocycles. The van der Waals surface area contributed by atoms with E-state index in [1.807, 2.05) is 0 Å². The van der Waals surface area contributed by atoms with Gasteiger partial charge < -0.3 is 4.57 Å². The van der Waals surface area contributed by atoms with Crippen LogP contribution in [0.25, 0.3) is 5.57 Å². The largest absolute Gasteiger partial charge is 0.337 e. The van der Waals surface area contributed by atoms with E-state index in [2.05, 4.69) is 15.8 Å². The minimum Gasteiger partial charge on any atom is -0.337 e. The second-order valence-corrected chi connectivity index (χ2v) is 6.78. The van der Waals surface area contributed by atoms with Gasteiger partial charge in [-0.05, 0) is 73.6 Å². The smallest absolute Gasteiger partial charge is 0.0605 e. The molecule has 4 aliphatic rings. The highest BCUT2D eigenvalue weighted by Gasteiger charge is 2.38. The van der Waals surface area contributed by atoms with Gasteiger partial charge in [0.05, 0.1) is 6.04 Å². The molecule has 2 heteroatoms. The average Bonchev–Trinajstić information content (AvgIpc) is 2.87. The van der Waals surface area contributed by atoms with Gasteiger partial charge in [-0.25, -0.2) is 0 Å². The lowest BCUT2D eigenvalue weighted by molar-refractivity contribution is 0.553. The first-order valence-electron chi connectivity index (χ1n) is 8.40. The van der Waals surface area contributed by atoms with E-state index in [4.69, 9.17) is 0 Å². The molecule has 0 amide bonds. The van der Waals surface area contributed by atoms with Crippen LogP contribution in [0.1, 0.15) is 67.1 Å². The Labute approximate surface area is 120 Å². The highest BCUT2D eigenvalue weighted by molar-refractivity contribution is 5.78. The third kappa shape index (κ3) is 1.32. The predicted octanol–water partition coefficient (Wildman–Crippen LogP) is 3.88. The molecule has 2 nitrogen and oxygen atoms in total. The van der Waals surface area contributed by atoms with Gasteiger partial charge in [0.2, 0.25) is 0 Å². The van der Waals surface area contributed by atoms with Gasteiger partial charge in [0.1, 0.15) is 0 Å². The van der Waals surface area contributed by atoms with Crippen LogP contribution >= 0.6 is 0 Å². The monoisotopic (exact) mass is 266 g/mol. The number of hydrogen-bond donors (Lipinski definition) is 0. The Balaban J connectivity index is 1.79. The molecule has 1 unspecified atom stereocenters. The summed E-state index contributed by atoms with van der Waals surface area (Å²) in [6, 6.07) is 0.630. The van der Waals surface area contributed by atoms with Crippen molar-refractivity contribution in [3.05, 3.63) is 28.1 Å². The molecule has 2 aliphatic heterocycles. The van der Waals surface area contributed by atoms with Crippen molar-refractivity contribution in [2.24, 2.45) is 4.99 Å². The summed E-state index contributed by atoms with van der Waals surface area (Å²) in [5.74, 6) is 0. The molecule has 0 bridgehead atoms. The lowest BCUT2D eigenvalue weighted by Crippen LogP contribution is -2.14. The van der Waals surface area contributed by atoms with E-state index in [1.54, 1.807) is 33.7 Å². The summed E-state index contributed by atoms with van der Waals surface area (Å²) in [6.45, 7) is 1.01. The predicted molar refractivity (Wildman–Crippen MR) is 82.6 cm³/mol. The molecule has 2 aliphatic carbocycles. The van der Waals surface area contributed by atoms with Crippen molar-refractivity contribution in [3.8, 4) is 0 Å². The Kier molecular flexibility index (Phi) is 2.33. The molecule has 0 N–H and O–H groups in total. The summed E-state index contributed by atoms with van der Waals surface area (Å²) < 4.78 is 2.77. The number of fused-ring (bicyclic) bond motifs is 5. The molecule has 1 atom stereocenters. The summed E-state index contributed by atoms with van der Waals surface area (Å²) >= 11 is 0. The first-order valence-corrected chi connectivity index (χ1v) is 8.40. The standard InChI is InChI=1S/C18H22N2/c1-2-7-16-12(4-1)14-5-3-6-15-13-8-10-19-11-9-17(13)20(16)18(14)15/h11,17H,1-10H2. The van der Waals surface area contributed by atoms with E-state index in [9.17, 15) is 0 Å². The van der Waals surface area contributed by atoms with Crippen LogP contribution in [0.2, 0.25) is 0 Å². The molecule has 104 valence electrons. The zero-order valence-electron chi connectivity index (χ0n) is 12.1. The highest BCUT2D eigenvalue weighted by atomic mass is 15.1. The molecule has 0 saturated heterocycles. The summed E-state index contributed by atoms with van der Waals surface area (Å²) in [5, 5.41) is 0. The minimum atomic E-state index is 0.630. The van der Waals surface area contributed by atoms with E-state index in [1.165, 1.54) is 51.4 Å². The summed E-state index contributed by atoms with van der Waals surface area (Å²) in [5.41, 5.74) is 10.4. The van der Waals surface area contributed by atoms with Crippen molar-refractivity contribution in [2.45, 2.75) is 63.8 Å². The maximum atomic E-state index is 4.56. The second-order valence-electron chi connectivity index (χ2n) is 6.78. The maximum Gasteiger partial charge on any atom is 0.0605 e. The topological polar surface area (TPSA) is 17.3 Å². The van der Waals surface area contributed by atoms with Gasteiger partial charge in [-0.1, -0.05) is 0 Å². The average molecular weight is 266 g/mol. The van der Waals surface area contributed by atoms with Crippen LogP contribution < -0.4 is 0 Å². The molecule has 1 aromatic rings. The number of aliphatic imine (C=N–C) groups is 1. The summed E-state index contributed by atoms with van der Waals surface area (Å²) in [6.07, 6.45) is 14.0. The van der Waals surface area contributed by atoms with Gasteiger partial charge in [0, 0.05) is 30.6 Å². The molecular formula is C18H22N2. The fraction of sp³-hybridized carbons (Fsp3) is 0.611. The number of hydrogen-bond acceptors (Lipinski definition) is 1.